The van der Waals surface area contributed by atoms with Crippen molar-refractivity contribution in [3.8, 4) is 22.7 Å². The zero-order chi connectivity index (χ0) is 19.6. The minimum Gasteiger partial charge on any atom is -0.502 e. The van der Waals surface area contributed by atoms with Crippen LogP contribution in [0.2, 0.25) is 0 Å². The summed E-state index contributed by atoms with van der Waals surface area (Å²) in [7, 11) is 0. The predicted molar refractivity (Wildman–Crippen MR) is 98.3 cm³/mol. The van der Waals surface area contributed by atoms with Crippen LogP contribution in [0, 0.1) is 10.1 Å². The number of hydrogen-bond acceptors (Lipinski definition) is 5. The van der Waals surface area contributed by atoms with Gasteiger partial charge < -0.3 is 10.2 Å². The van der Waals surface area contributed by atoms with Crippen LogP contribution >= 0.6 is 0 Å². The van der Waals surface area contributed by atoms with Gasteiger partial charge in [0.15, 0.2) is 5.75 Å². The van der Waals surface area contributed by atoms with Crippen molar-refractivity contribution in [1.29, 1.82) is 0 Å². The summed E-state index contributed by atoms with van der Waals surface area (Å²) < 4.78 is 1.57. The van der Waals surface area contributed by atoms with Gasteiger partial charge >= 0.3 is 11.7 Å². The van der Waals surface area contributed by atoms with Crippen LogP contribution < -0.4 is 0 Å². The van der Waals surface area contributed by atoms with Crippen LogP contribution in [0.15, 0.2) is 48.5 Å². The molecule has 27 heavy (non-hydrogen) atoms. The van der Waals surface area contributed by atoms with Gasteiger partial charge in [0.25, 0.3) is 0 Å². The van der Waals surface area contributed by atoms with E-state index in [9.17, 15) is 25.1 Å². The first-order chi connectivity index (χ1) is 12.9. The number of aromatic carboxylic acids is 1. The summed E-state index contributed by atoms with van der Waals surface area (Å²) in [4.78, 5) is 22.2. The molecule has 8 heteroatoms. The molecule has 3 rings (SSSR count). The molecule has 0 fully saturated rings. The molecule has 0 spiro atoms. The van der Waals surface area contributed by atoms with Gasteiger partial charge in [0, 0.05) is 11.6 Å². The molecule has 0 aliphatic heterocycles. The molecule has 1 aromatic heterocycles. The van der Waals surface area contributed by atoms with Gasteiger partial charge in [0.05, 0.1) is 16.3 Å². The third kappa shape index (κ3) is 3.37. The Hall–Kier alpha value is -3.68. The average molecular weight is 367 g/mol. The van der Waals surface area contributed by atoms with E-state index in [1.54, 1.807) is 4.68 Å². The fourth-order valence-corrected chi connectivity index (χ4v) is 2.96. The van der Waals surface area contributed by atoms with Crippen LogP contribution in [-0.4, -0.2) is 30.9 Å². The van der Waals surface area contributed by atoms with Gasteiger partial charge in [0.2, 0.25) is 0 Å². The molecule has 3 aromatic rings. The van der Waals surface area contributed by atoms with E-state index < -0.39 is 22.3 Å². The van der Waals surface area contributed by atoms with Crippen molar-refractivity contribution >= 4 is 11.7 Å². The second-order valence-corrected chi connectivity index (χ2v) is 5.93. The van der Waals surface area contributed by atoms with Crippen LogP contribution in [0.5, 0.6) is 5.75 Å². The largest absolute Gasteiger partial charge is 0.502 e. The van der Waals surface area contributed by atoms with Crippen molar-refractivity contribution in [2.45, 2.75) is 19.8 Å². The second kappa shape index (κ2) is 7.28. The molecular formula is C19H17N3O5. The zero-order valence-electron chi connectivity index (χ0n) is 14.5. The topological polar surface area (TPSA) is 118 Å². The van der Waals surface area contributed by atoms with E-state index >= 15 is 0 Å². The number of aromatic nitrogens is 2. The molecule has 8 nitrogen and oxygen atoms in total. The molecule has 1 heterocycles. The van der Waals surface area contributed by atoms with E-state index in [0.29, 0.717) is 29.8 Å². The van der Waals surface area contributed by atoms with Crippen molar-refractivity contribution in [3.63, 3.8) is 0 Å². The first-order valence-corrected chi connectivity index (χ1v) is 8.32. The Labute approximate surface area is 154 Å². The normalized spacial score (nSPS) is 10.7. The highest BCUT2D eigenvalue weighted by molar-refractivity contribution is 5.96. The van der Waals surface area contributed by atoms with Crippen molar-refractivity contribution in [1.82, 2.24) is 9.78 Å². The number of para-hydroxylation sites is 1. The summed E-state index contributed by atoms with van der Waals surface area (Å²) in [5, 5.41) is 35.1. The lowest BCUT2D eigenvalue weighted by atomic mass is 10.0. The van der Waals surface area contributed by atoms with Crippen LogP contribution in [0.4, 0.5) is 5.69 Å². The van der Waals surface area contributed by atoms with Crippen molar-refractivity contribution in [3.05, 3.63) is 69.9 Å². The standard InChI is InChI=1S/C19H17N3O5/c1-2-6-15-17(19(24)25)18(20-21(15)13-7-4-3-5-8-13)12-9-10-14(22(26)27)16(23)11-12/h3-5,7-11,23H,2,6H2,1H3,(H,24,25). The number of aromatic hydroxyl groups is 1. The number of phenolic OH excluding ortho intramolecular Hbond substituents is 1. The van der Waals surface area contributed by atoms with Crippen LogP contribution in [0.1, 0.15) is 29.4 Å². The number of nitro benzene ring substituents is 1. The molecule has 0 aliphatic rings. The Morgan fingerprint density at radius 2 is 1.93 bits per heavy atom. The maximum absolute atomic E-state index is 12.0. The number of nitro groups is 1. The fraction of sp³-hybridized carbons (Fsp3) is 0.158. The maximum Gasteiger partial charge on any atom is 0.339 e. The molecule has 0 saturated carbocycles. The number of benzene rings is 2. The van der Waals surface area contributed by atoms with E-state index in [1.165, 1.54) is 6.07 Å². The predicted octanol–water partition coefficient (Wildman–Crippen LogP) is 3.80. The van der Waals surface area contributed by atoms with Gasteiger partial charge in [-0.1, -0.05) is 31.5 Å². The summed E-state index contributed by atoms with van der Waals surface area (Å²) in [5.41, 5.74) is 1.26. The number of carboxylic acids is 1. The Morgan fingerprint density at radius 1 is 1.22 bits per heavy atom. The number of hydrogen-bond donors (Lipinski definition) is 2. The lowest BCUT2D eigenvalue weighted by molar-refractivity contribution is -0.385. The number of carboxylic acid groups (broad SMARTS) is 1. The molecule has 0 amide bonds. The Morgan fingerprint density at radius 3 is 2.48 bits per heavy atom. The third-order valence-electron chi connectivity index (χ3n) is 4.13. The summed E-state index contributed by atoms with van der Waals surface area (Å²) in [6.45, 7) is 1.94. The van der Waals surface area contributed by atoms with Gasteiger partial charge in [-0.05, 0) is 30.7 Å². The smallest absolute Gasteiger partial charge is 0.339 e. The Bertz CT molecular complexity index is 1010. The number of nitrogens with zero attached hydrogens (tertiary/aromatic N) is 3. The maximum atomic E-state index is 12.0. The molecule has 0 aliphatic carbocycles. The summed E-state index contributed by atoms with van der Waals surface area (Å²) in [6.07, 6.45) is 1.20. The Balaban J connectivity index is 2.25. The Kier molecular flexibility index (Phi) is 4.89. The van der Waals surface area contributed by atoms with E-state index in [-0.39, 0.29) is 11.3 Å². The van der Waals surface area contributed by atoms with Crippen LogP contribution in [0.3, 0.4) is 0 Å². The van der Waals surface area contributed by atoms with Gasteiger partial charge in [-0.15, -0.1) is 0 Å². The zero-order valence-corrected chi connectivity index (χ0v) is 14.5. The van der Waals surface area contributed by atoms with Crippen molar-refractivity contribution in [2.75, 3.05) is 0 Å². The second-order valence-electron chi connectivity index (χ2n) is 5.93. The highest BCUT2D eigenvalue weighted by atomic mass is 16.6. The molecule has 0 radical (unpaired) electrons. The highest BCUT2D eigenvalue weighted by Crippen LogP contribution is 2.34. The van der Waals surface area contributed by atoms with E-state index in [0.717, 1.165) is 12.1 Å². The minimum atomic E-state index is -1.14. The fourth-order valence-electron chi connectivity index (χ4n) is 2.96. The monoisotopic (exact) mass is 367 g/mol. The lowest BCUT2D eigenvalue weighted by Crippen LogP contribution is -2.06. The van der Waals surface area contributed by atoms with Crippen molar-refractivity contribution in [2.24, 2.45) is 0 Å². The highest BCUT2D eigenvalue weighted by Gasteiger charge is 2.26. The van der Waals surface area contributed by atoms with E-state index in [4.69, 9.17) is 0 Å². The van der Waals surface area contributed by atoms with E-state index in [1.807, 2.05) is 37.3 Å². The number of rotatable bonds is 6. The van der Waals surface area contributed by atoms with E-state index in [2.05, 4.69) is 5.10 Å². The summed E-state index contributed by atoms with van der Waals surface area (Å²) in [5.74, 6) is -1.69. The number of carbonyl (C=O) groups is 1. The molecule has 138 valence electrons. The molecule has 0 bridgehead atoms. The summed E-state index contributed by atoms with van der Waals surface area (Å²) >= 11 is 0. The average Bonchev–Trinajstić information content (AvgIpc) is 3.02. The van der Waals surface area contributed by atoms with Gasteiger partial charge in [-0.25, -0.2) is 9.48 Å². The minimum absolute atomic E-state index is 0.0222. The molecule has 0 saturated heterocycles. The third-order valence-corrected chi connectivity index (χ3v) is 4.13. The first kappa shape index (κ1) is 18.1. The molecule has 0 unspecified atom stereocenters. The number of phenols is 1. The molecule has 0 atom stereocenters. The van der Waals surface area contributed by atoms with Gasteiger partial charge in [0.1, 0.15) is 11.3 Å². The van der Waals surface area contributed by atoms with Crippen molar-refractivity contribution < 1.29 is 19.9 Å². The quantitative estimate of drug-likeness (QED) is 0.505. The van der Waals surface area contributed by atoms with Gasteiger partial charge in [-0.2, -0.15) is 5.10 Å². The molecule has 2 aromatic carbocycles. The van der Waals surface area contributed by atoms with Crippen LogP contribution in [-0.2, 0) is 6.42 Å². The first-order valence-electron chi connectivity index (χ1n) is 8.32. The van der Waals surface area contributed by atoms with Gasteiger partial charge in [-0.3, -0.25) is 10.1 Å². The lowest BCUT2D eigenvalue weighted by Gasteiger charge is -2.07. The molecule has 2 N–H and O–H groups in total. The molecular weight excluding hydrogens is 350 g/mol. The SMILES string of the molecule is CCCc1c(C(=O)O)c(-c2ccc([N+](=O)[O-])c(O)c2)nn1-c1ccccc1. The summed E-state index contributed by atoms with van der Waals surface area (Å²) in [6, 6.07) is 12.8. The van der Waals surface area contributed by atoms with Crippen LogP contribution in [0.25, 0.3) is 16.9 Å².